The fourth-order valence-electron chi connectivity index (χ4n) is 3.58. The van der Waals surface area contributed by atoms with Crippen molar-refractivity contribution in [3.05, 3.63) is 39.0 Å². The number of nitrogens with one attached hydrogen (secondary N) is 2. The van der Waals surface area contributed by atoms with Crippen LogP contribution < -0.4 is 15.8 Å². The second kappa shape index (κ2) is 8.39. The molecule has 6 nitrogen and oxygen atoms in total. The van der Waals surface area contributed by atoms with Gasteiger partial charge in [0.1, 0.15) is 18.0 Å². The summed E-state index contributed by atoms with van der Waals surface area (Å²) in [5.41, 5.74) is -2.72. The van der Waals surface area contributed by atoms with Crippen molar-refractivity contribution in [3.8, 4) is 0 Å². The Bertz CT molecular complexity index is 1160. The highest BCUT2D eigenvalue weighted by atomic mass is 35.5. The number of allylic oxidation sites excluding steroid dienone is 1. The molecule has 0 spiro atoms. The Kier molecular flexibility index (Phi) is 6.25. The maximum atomic E-state index is 13.9. The van der Waals surface area contributed by atoms with E-state index in [1.54, 1.807) is 13.8 Å². The van der Waals surface area contributed by atoms with Gasteiger partial charge in [-0.15, -0.1) is 0 Å². The molecule has 2 fully saturated rings. The summed E-state index contributed by atoms with van der Waals surface area (Å²) < 4.78 is 126. The predicted octanol–water partition coefficient (Wildman–Crippen LogP) is 5.62. The van der Waals surface area contributed by atoms with Crippen LogP contribution in [0.2, 0.25) is 10.0 Å². The van der Waals surface area contributed by atoms with Gasteiger partial charge in [-0.05, 0) is 26.0 Å². The Balaban J connectivity index is 1.88. The predicted molar refractivity (Wildman–Crippen MR) is 112 cm³/mol. The molecule has 17 heteroatoms. The number of benzene rings is 1. The third kappa shape index (κ3) is 4.97. The molecule has 3 aliphatic heterocycles. The van der Waals surface area contributed by atoms with Gasteiger partial charge >= 0.3 is 18.5 Å². The molecule has 198 valence electrons. The molecule has 0 amide bonds. The van der Waals surface area contributed by atoms with E-state index < -0.39 is 80.6 Å². The first-order valence-electron chi connectivity index (χ1n) is 9.89. The first kappa shape index (κ1) is 26.8. The van der Waals surface area contributed by atoms with E-state index in [0.717, 1.165) is 0 Å². The highest BCUT2D eigenvalue weighted by Crippen LogP contribution is 2.44. The van der Waals surface area contributed by atoms with Crippen molar-refractivity contribution >= 4 is 40.6 Å². The summed E-state index contributed by atoms with van der Waals surface area (Å²) in [5, 5.41) is 0.654. The van der Waals surface area contributed by atoms with Gasteiger partial charge in [-0.3, -0.25) is 10.0 Å². The molecule has 2 N–H and O–H groups in total. The van der Waals surface area contributed by atoms with Crippen molar-refractivity contribution < 1.29 is 44.3 Å². The third-order valence-corrected chi connectivity index (χ3v) is 6.02. The number of hydrazine groups is 1. The molecule has 0 saturated carbocycles. The molecule has 2 unspecified atom stereocenters. The Hall–Kier alpha value is -2.23. The molecule has 36 heavy (non-hydrogen) atoms. The van der Waals surface area contributed by atoms with Gasteiger partial charge in [-0.25, -0.2) is 4.99 Å². The highest BCUT2D eigenvalue weighted by Gasteiger charge is 2.53. The van der Waals surface area contributed by atoms with Crippen LogP contribution in [0.3, 0.4) is 0 Å². The average Bonchev–Trinajstić information content (AvgIpc) is 3.15. The standard InChI is InChI=1S/C19H14Cl2F9N5O/c1-16(2)9(36-16)5-31-14-10-12(18(25,26)27)32-15(19(28,29)30)33-13(10)34-35(14)11-7(20)3-6(4-8(11)21)17(22,23)24/h3-4,9,13,34H,5H2,1-2H3,(H,32,33). The van der Waals surface area contributed by atoms with E-state index in [4.69, 9.17) is 27.9 Å². The van der Waals surface area contributed by atoms with Gasteiger partial charge in [0.2, 0.25) is 5.84 Å². The summed E-state index contributed by atoms with van der Waals surface area (Å²) in [6, 6.07) is 0.942. The second-order valence-corrected chi connectivity index (χ2v) is 9.23. The van der Waals surface area contributed by atoms with Crippen LogP contribution in [0.5, 0.6) is 0 Å². The molecule has 3 heterocycles. The summed E-state index contributed by atoms with van der Waals surface area (Å²) in [4.78, 5) is 7.38. The number of rotatable bonds is 3. The number of amidine groups is 2. The lowest BCUT2D eigenvalue weighted by Crippen LogP contribution is -2.47. The van der Waals surface area contributed by atoms with Gasteiger partial charge in [-0.1, -0.05) is 23.2 Å². The van der Waals surface area contributed by atoms with E-state index >= 15 is 0 Å². The third-order valence-electron chi connectivity index (χ3n) is 5.44. The van der Waals surface area contributed by atoms with Crippen LogP contribution >= 0.6 is 23.2 Å². The number of epoxide rings is 1. The van der Waals surface area contributed by atoms with Crippen LogP contribution in [0.1, 0.15) is 19.4 Å². The molecule has 0 aromatic heterocycles. The number of aliphatic imine (C=N–C) groups is 2. The molecule has 0 radical (unpaired) electrons. The largest absolute Gasteiger partial charge is 0.449 e. The summed E-state index contributed by atoms with van der Waals surface area (Å²) in [7, 11) is 0. The number of hydrogen-bond donors (Lipinski definition) is 2. The highest BCUT2D eigenvalue weighted by molar-refractivity contribution is 6.40. The minimum Gasteiger partial charge on any atom is -0.365 e. The van der Waals surface area contributed by atoms with Crippen LogP contribution in [0.15, 0.2) is 33.4 Å². The number of alkyl halides is 9. The minimum atomic E-state index is -5.32. The topological polar surface area (TPSA) is 64.5 Å². The summed E-state index contributed by atoms with van der Waals surface area (Å²) in [6.45, 7) is 3.13. The number of ether oxygens (including phenoxy) is 1. The van der Waals surface area contributed by atoms with Gasteiger partial charge < -0.3 is 10.1 Å². The van der Waals surface area contributed by atoms with Crippen molar-refractivity contribution in [3.63, 3.8) is 0 Å². The second-order valence-electron chi connectivity index (χ2n) is 8.41. The Labute approximate surface area is 206 Å². The molecule has 2 atom stereocenters. The molecule has 2 saturated heterocycles. The van der Waals surface area contributed by atoms with Crippen molar-refractivity contribution in [2.75, 3.05) is 11.6 Å². The number of anilines is 1. The molecule has 4 rings (SSSR count). The fraction of sp³-hybridized carbons (Fsp3) is 0.474. The molecular weight excluding hydrogens is 556 g/mol. The van der Waals surface area contributed by atoms with E-state index in [1.165, 1.54) is 5.32 Å². The number of nitrogens with zero attached hydrogens (tertiary/aromatic N) is 3. The van der Waals surface area contributed by atoms with Crippen LogP contribution in [0, 0.1) is 0 Å². The Morgan fingerprint density at radius 3 is 2.00 bits per heavy atom. The lowest BCUT2D eigenvalue weighted by Gasteiger charge is -2.25. The van der Waals surface area contributed by atoms with Gasteiger partial charge in [-0.2, -0.15) is 44.9 Å². The average molecular weight is 570 g/mol. The fourth-order valence-corrected chi connectivity index (χ4v) is 4.23. The van der Waals surface area contributed by atoms with Crippen molar-refractivity contribution in [2.24, 2.45) is 9.98 Å². The smallest absolute Gasteiger partial charge is 0.365 e. The van der Waals surface area contributed by atoms with Gasteiger partial charge in [0.05, 0.1) is 39.0 Å². The van der Waals surface area contributed by atoms with Gasteiger partial charge in [0.15, 0.2) is 5.84 Å². The molecule has 3 aliphatic rings. The SMILES string of the molecule is CC1(C)OC1CN=C1C2=C(C(F)(F)F)NC(C(F)(F)F)=NC2NN1c1c(Cl)cc(C(F)(F)F)cc1Cl. The molecule has 0 bridgehead atoms. The molecule has 0 aliphatic carbocycles. The first-order valence-corrected chi connectivity index (χ1v) is 10.6. The van der Waals surface area contributed by atoms with E-state index in [1.807, 2.05) is 0 Å². The van der Waals surface area contributed by atoms with Gasteiger partial charge in [0.25, 0.3) is 0 Å². The molecule has 1 aromatic rings. The number of halogens is 11. The number of hydrogen-bond acceptors (Lipinski definition) is 5. The van der Waals surface area contributed by atoms with Crippen LogP contribution in [-0.4, -0.2) is 48.4 Å². The van der Waals surface area contributed by atoms with Crippen LogP contribution in [0.25, 0.3) is 0 Å². The summed E-state index contributed by atoms with van der Waals surface area (Å²) in [6.07, 6.45) is -18.0. The van der Waals surface area contributed by atoms with Crippen molar-refractivity contribution in [1.82, 2.24) is 10.7 Å². The first-order chi connectivity index (χ1) is 16.3. The van der Waals surface area contributed by atoms with E-state index in [2.05, 4.69) is 15.4 Å². The monoisotopic (exact) mass is 569 g/mol. The lowest BCUT2D eigenvalue weighted by atomic mass is 10.1. The van der Waals surface area contributed by atoms with Crippen LogP contribution in [0.4, 0.5) is 45.2 Å². The van der Waals surface area contributed by atoms with Crippen molar-refractivity contribution in [1.29, 1.82) is 0 Å². The zero-order valence-electron chi connectivity index (χ0n) is 17.9. The normalized spacial score (nSPS) is 25.2. The van der Waals surface area contributed by atoms with Crippen LogP contribution in [-0.2, 0) is 10.9 Å². The zero-order chi connectivity index (χ0) is 27.0. The van der Waals surface area contributed by atoms with Gasteiger partial charge in [0, 0.05) is 0 Å². The zero-order valence-corrected chi connectivity index (χ0v) is 19.4. The maximum Gasteiger partial charge on any atom is 0.449 e. The number of fused-ring (bicyclic) bond motifs is 1. The van der Waals surface area contributed by atoms with E-state index in [0.29, 0.717) is 17.1 Å². The summed E-state index contributed by atoms with van der Waals surface area (Å²) in [5.74, 6) is -2.53. The Morgan fingerprint density at radius 1 is 1.00 bits per heavy atom. The minimum absolute atomic E-state index is 0.229. The maximum absolute atomic E-state index is 13.9. The lowest BCUT2D eigenvalue weighted by molar-refractivity contribution is -0.137. The molecule has 1 aromatic carbocycles. The molecular formula is C19H14Cl2F9N5O. The van der Waals surface area contributed by atoms with E-state index in [9.17, 15) is 39.5 Å². The Morgan fingerprint density at radius 2 is 1.56 bits per heavy atom. The van der Waals surface area contributed by atoms with Crippen molar-refractivity contribution in [2.45, 2.75) is 50.2 Å². The quantitative estimate of drug-likeness (QED) is 0.366. The van der Waals surface area contributed by atoms with E-state index in [-0.39, 0.29) is 6.54 Å². The summed E-state index contributed by atoms with van der Waals surface area (Å²) >= 11 is 12.0.